The molecule has 0 radical (unpaired) electrons. The van der Waals surface area contributed by atoms with E-state index in [2.05, 4.69) is 4.98 Å². The minimum absolute atomic E-state index is 0.0778. The van der Waals surface area contributed by atoms with Crippen LogP contribution < -0.4 is 0 Å². The molecule has 0 amide bonds. The summed E-state index contributed by atoms with van der Waals surface area (Å²) in [4.78, 5) is 4.05. The Balaban J connectivity index is 2.27. The van der Waals surface area contributed by atoms with Crippen LogP contribution in [0.5, 0.6) is 0 Å². The van der Waals surface area contributed by atoms with Gasteiger partial charge in [-0.05, 0) is 20.3 Å². The largest absolute Gasteiger partial charge is 0.383 e. The van der Waals surface area contributed by atoms with Crippen LogP contribution in [0, 0.1) is 0 Å². The average molecular weight is 317 g/mol. The Morgan fingerprint density at radius 3 is 2.67 bits per heavy atom. The smallest absolute Gasteiger partial charge is 0.262 e. The molecular formula is C13H23N3O4S. The van der Waals surface area contributed by atoms with Crippen molar-refractivity contribution in [1.29, 1.82) is 0 Å². The van der Waals surface area contributed by atoms with E-state index in [-0.39, 0.29) is 23.2 Å². The molecule has 0 aromatic carbocycles. The Kier molecular flexibility index (Phi) is 5.03. The van der Waals surface area contributed by atoms with Crippen molar-refractivity contribution in [3.8, 4) is 0 Å². The molecule has 1 saturated heterocycles. The molecule has 1 aliphatic heterocycles. The van der Waals surface area contributed by atoms with Gasteiger partial charge in [0, 0.05) is 33.0 Å². The number of ether oxygens (including phenoxy) is 2. The number of methoxy groups -OCH3 is 2. The highest BCUT2D eigenvalue weighted by Crippen LogP contribution is 2.27. The van der Waals surface area contributed by atoms with Crippen LogP contribution >= 0.6 is 0 Å². The first-order chi connectivity index (χ1) is 9.90. The van der Waals surface area contributed by atoms with Crippen LogP contribution in [0.25, 0.3) is 0 Å². The number of hydrogen-bond donors (Lipinski definition) is 0. The van der Waals surface area contributed by atoms with Gasteiger partial charge in [-0.2, -0.15) is 4.31 Å². The molecule has 8 heteroatoms. The Morgan fingerprint density at radius 2 is 2.14 bits per heavy atom. The molecule has 0 unspecified atom stereocenters. The van der Waals surface area contributed by atoms with Crippen LogP contribution in [-0.2, 0) is 19.5 Å². The molecule has 0 saturated carbocycles. The summed E-state index contributed by atoms with van der Waals surface area (Å²) < 4.78 is 39.2. The number of rotatable bonds is 6. The maximum atomic E-state index is 12.8. The van der Waals surface area contributed by atoms with Gasteiger partial charge in [-0.3, -0.25) is 0 Å². The van der Waals surface area contributed by atoms with E-state index < -0.39 is 10.0 Å². The highest BCUT2D eigenvalue weighted by molar-refractivity contribution is 7.89. The molecule has 1 aromatic rings. The fraction of sp³-hybridized carbons (Fsp3) is 0.769. The fourth-order valence-corrected chi connectivity index (χ4v) is 4.09. The van der Waals surface area contributed by atoms with E-state index in [4.69, 9.17) is 9.47 Å². The molecule has 0 aliphatic carbocycles. The van der Waals surface area contributed by atoms with Gasteiger partial charge >= 0.3 is 0 Å². The summed E-state index contributed by atoms with van der Waals surface area (Å²) in [6.07, 6.45) is 3.65. The minimum Gasteiger partial charge on any atom is -0.383 e. The van der Waals surface area contributed by atoms with E-state index in [1.54, 1.807) is 31.3 Å². The highest BCUT2D eigenvalue weighted by atomic mass is 32.2. The van der Waals surface area contributed by atoms with Crippen LogP contribution in [0.1, 0.15) is 26.3 Å². The van der Waals surface area contributed by atoms with Crippen LogP contribution in [0.3, 0.4) is 0 Å². The van der Waals surface area contributed by atoms with Gasteiger partial charge < -0.3 is 14.0 Å². The van der Waals surface area contributed by atoms with Crippen molar-refractivity contribution in [2.75, 3.05) is 27.4 Å². The highest BCUT2D eigenvalue weighted by Gasteiger charge is 2.41. The average Bonchev–Trinajstić information content (AvgIpc) is 3.06. The molecule has 0 bridgehead atoms. The third kappa shape index (κ3) is 3.28. The molecule has 7 nitrogen and oxygen atoms in total. The van der Waals surface area contributed by atoms with E-state index in [0.717, 1.165) is 0 Å². The summed E-state index contributed by atoms with van der Waals surface area (Å²) in [7, 11) is -0.461. The lowest BCUT2D eigenvalue weighted by molar-refractivity contribution is 0.110. The number of hydrogen-bond acceptors (Lipinski definition) is 5. The van der Waals surface area contributed by atoms with Crippen molar-refractivity contribution >= 4 is 10.0 Å². The lowest BCUT2D eigenvalue weighted by Crippen LogP contribution is -2.38. The van der Waals surface area contributed by atoms with Gasteiger partial charge in [-0.25, -0.2) is 13.4 Å². The second kappa shape index (κ2) is 6.43. The van der Waals surface area contributed by atoms with Crippen LogP contribution in [-0.4, -0.2) is 61.8 Å². The lowest BCUT2D eigenvalue weighted by Gasteiger charge is -2.21. The van der Waals surface area contributed by atoms with Crippen molar-refractivity contribution < 1.29 is 17.9 Å². The molecule has 1 fully saturated rings. The van der Waals surface area contributed by atoms with E-state index in [1.807, 2.05) is 13.8 Å². The van der Waals surface area contributed by atoms with Gasteiger partial charge in [0.25, 0.3) is 10.0 Å². The SMILES string of the molecule is COC[C@@H]1C[C@H](OC)CN1S(=O)(=O)c1cn(C(C)C)cn1. The lowest BCUT2D eigenvalue weighted by atomic mass is 10.2. The Bertz CT molecular complexity index is 570. The van der Waals surface area contributed by atoms with Crippen molar-refractivity contribution in [2.24, 2.45) is 0 Å². The molecule has 120 valence electrons. The molecule has 21 heavy (non-hydrogen) atoms. The quantitative estimate of drug-likeness (QED) is 0.779. The second-order valence-electron chi connectivity index (χ2n) is 5.53. The third-order valence-electron chi connectivity index (χ3n) is 3.77. The van der Waals surface area contributed by atoms with Crippen LogP contribution in [0.4, 0.5) is 0 Å². The maximum Gasteiger partial charge on any atom is 0.262 e. The molecule has 1 aliphatic rings. The molecule has 1 aromatic heterocycles. The zero-order chi connectivity index (χ0) is 15.6. The number of imidazole rings is 1. The van der Waals surface area contributed by atoms with E-state index >= 15 is 0 Å². The van der Waals surface area contributed by atoms with Gasteiger partial charge in [-0.15, -0.1) is 0 Å². The Hall–Kier alpha value is -0.960. The molecule has 2 atom stereocenters. The first-order valence-corrected chi connectivity index (χ1v) is 8.41. The number of nitrogens with zero attached hydrogens (tertiary/aromatic N) is 3. The summed E-state index contributed by atoms with van der Waals surface area (Å²) in [6, 6.07) is -0.0457. The second-order valence-corrected chi connectivity index (χ2v) is 7.37. The van der Waals surface area contributed by atoms with Crippen molar-refractivity contribution in [1.82, 2.24) is 13.9 Å². The van der Waals surface area contributed by atoms with Gasteiger partial charge in [0.05, 0.1) is 25.1 Å². The van der Waals surface area contributed by atoms with Gasteiger partial charge in [0.2, 0.25) is 0 Å². The summed E-state index contributed by atoms with van der Waals surface area (Å²) in [5.41, 5.74) is 0. The van der Waals surface area contributed by atoms with Gasteiger partial charge in [0.1, 0.15) is 0 Å². The van der Waals surface area contributed by atoms with Gasteiger partial charge in [0.15, 0.2) is 5.03 Å². The number of aromatic nitrogens is 2. The molecule has 0 N–H and O–H groups in total. The third-order valence-corrected chi connectivity index (χ3v) is 5.57. The topological polar surface area (TPSA) is 73.7 Å². The monoisotopic (exact) mass is 317 g/mol. The molecule has 0 spiro atoms. The first kappa shape index (κ1) is 16.4. The normalized spacial score (nSPS) is 24.0. The zero-order valence-corrected chi connectivity index (χ0v) is 13.7. The van der Waals surface area contributed by atoms with E-state index in [9.17, 15) is 8.42 Å². The van der Waals surface area contributed by atoms with E-state index in [1.165, 1.54) is 4.31 Å². The Morgan fingerprint density at radius 1 is 1.43 bits per heavy atom. The molecule has 2 heterocycles. The van der Waals surface area contributed by atoms with Gasteiger partial charge in [-0.1, -0.05) is 0 Å². The molecular weight excluding hydrogens is 294 g/mol. The van der Waals surface area contributed by atoms with Crippen molar-refractivity contribution in [3.63, 3.8) is 0 Å². The fourth-order valence-electron chi connectivity index (χ4n) is 2.51. The summed E-state index contributed by atoms with van der Waals surface area (Å²) in [6.45, 7) is 4.64. The van der Waals surface area contributed by atoms with Crippen molar-refractivity contribution in [2.45, 2.75) is 43.5 Å². The maximum absolute atomic E-state index is 12.8. The van der Waals surface area contributed by atoms with Crippen LogP contribution in [0.2, 0.25) is 0 Å². The Labute approximate surface area is 125 Å². The van der Waals surface area contributed by atoms with Crippen molar-refractivity contribution in [3.05, 3.63) is 12.5 Å². The standard InChI is InChI=1S/C13H23N3O4S/c1-10(2)15-7-13(14-9-15)21(17,18)16-6-12(20-4)5-11(16)8-19-3/h7,9-12H,5-6,8H2,1-4H3/t11-,12-/m0/s1. The van der Waals surface area contributed by atoms with E-state index in [0.29, 0.717) is 19.6 Å². The molecule has 2 rings (SSSR count). The first-order valence-electron chi connectivity index (χ1n) is 6.97. The predicted molar refractivity (Wildman–Crippen MR) is 77.6 cm³/mol. The summed E-state index contributed by atoms with van der Waals surface area (Å²) in [5, 5.41) is 0.0778. The van der Waals surface area contributed by atoms with Crippen LogP contribution in [0.15, 0.2) is 17.6 Å². The minimum atomic E-state index is -3.62. The summed E-state index contributed by atoms with van der Waals surface area (Å²) in [5.74, 6) is 0. The predicted octanol–water partition coefficient (Wildman–Crippen LogP) is 0.888. The summed E-state index contributed by atoms with van der Waals surface area (Å²) >= 11 is 0. The zero-order valence-electron chi connectivity index (χ0n) is 12.9. The number of sulfonamides is 1.